The quantitative estimate of drug-likeness (QED) is 0.650. The maximum Gasteiger partial charge on any atom is 0.334 e. The predicted octanol–water partition coefficient (Wildman–Crippen LogP) is 3.27. The lowest BCUT2D eigenvalue weighted by Gasteiger charge is -2.37. The first-order chi connectivity index (χ1) is 13.5. The van der Waals surface area contributed by atoms with Crippen molar-refractivity contribution in [3.63, 3.8) is 0 Å². The van der Waals surface area contributed by atoms with E-state index in [1.54, 1.807) is 18.2 Å². The SMILES string of the molecule is O=c1cc(N2CCN(c3ccccc3Cl)CC2)[nH]c(=O)n1-c1cccc(Br)c1. The zero-order chi connectivity index (χ0) is 19.7. The van der Waals surface area contributed by atoms with E-state index in [2.05, 4.69) is 25.8 Å². The third-order valence-electron chi connectivity index (χ3n) is 4.80. The van der Waals surface area contributed by atoms with Crippen molar-refractivity contribution in [3.8, 4) is 5.69 Å². The highest BCUT2D eigenvalue weighted by atomic mass is 79.9. The summed E-state index contributed by atoms with van der Waals surface area (Å²) in [5, 5.41) is 0.723. The number of benzene rings is 2. The lowest BCUT2D eigenvalue weighted by Crippen LogP contribution is -2.48. The number of aromatic nitrogens is 2. The van der Waals surface area contributed by atoms with Crippen LogP contribution in [0.25, 0.3) is 5.69 Å². The molecule has 1 fully saturated rings. The minimum absolute atomic E-state index is 0.356. The Morgan fingerprint density at radius 3 is 2.29 bits per heavy atom. The van der Waals surface area contributed by atoms with Crippen molar-refractivity contribution in [3.05, 3.63) is 84.9 Å². The van der Waals surface area contributed by atoms with Crippen LogP contribution in [-0.4, -0.2) is 35.7 Å². The molecule has 0 unspecified atom stereocenters. The first-order valence-corrected chi connectivity index (χ1v) is 10.1. The molecule has 3 aromatic rings. The van der Waals surface area contributed by atoms with Crippen LogP contribution in [0.2, 0.25) is 5.02 Å². The summed E-state index contributed by atoms with van der Waals surface area (Å²) in [5.41, 5.74) is 0.720. The van der Waals surface area contributed by atoms with Crippen molar-refractivity contribution in [2.24, 2.45) is 0 Å². The molecule has 1 N–H and O–H groups in total. The highest BCUT2D eigenvalue weighted by Gasteiger charge is 2.20. The number of nitrogens with zero attached hydrogens (tertiary/aromatic N) is 3. The zero-order valence-corrected chi connectivity index (χ0v) is 17.3. The number of piperazine rings is 1. The molecule has 1 saturated heterocycles. The Bertz CT molecular complexity index is 1090. The van der Waals surface area contributed by atoms with Crippen molar-refractivity contribution in [2.45, 2.75) is 0 Å². The summed E-state index contributed by atoms with van der Waals surface area (Å²) < 4.78 is 1.94. The van der Waals surface area contributed by atoms with Crippen molar-refractivity contribution in [2.75, 3.05) is 36.0 Å². The molecule has 6 nitrogen and oxygen atoms in total. The summed E-state index contributed by atoms with van der Waals surface area (Å²) >= 11 is 9.65. The molecule has 0 radical (unpaired) electrons. The Hall–Kier alpha value is -2.51. The molecule has 1 aliphatic heterocycles. The number of para-hydroxylation sites is 1. The Kier molecular flexibility index (Phi) is 5.28. The predicted molar refractivity (Wildman–Crippen MR) is 116 cm³/mol. The lowest BCUT2D eigenvalue weighted by molar-refractivity contribution is 0.643. The first kappa shape index (κ1) is 18.8. The number of hydrogen-bond donors (Lipinski definition) is 1. The minimum atomic E-state index is -0.450. The molecule has 0 bridgehead atoms. The van der Waals surface area contributed by atoms with Crippen LogP contribution in [0, 0.1) is 0 Å². The summed E-state index contributed by atoms with van der Waals surface area (Å²) in [5.74, 6) is 0.542. The number of anilines is 2. The number of rotatable bonds is 3. The number of aromatic amines is 1. The maximum atomic E-state index is 12.6. The molecule has 0 atom stereocenters. The van der Waals surface area contributed by atoms with Gasteiger partial charge in [0, 0.05) is 36.7 Å². The van der Waals surface area contributed by atoms with Crippen molar-refractivity contribution in [1.82, 2.24) is 9.55 Å². The molecule has 1 aromatic heterocycles. The van der Waals surface area contributed by atoms with E-state index in [1.165, 1.54) is 6.07 Å². The van der Waals surface area contributed by atoms with Gasteiger partial charge in [-0.3, -0.25) is 9.78 Å². The molecule has 2 aromatic carbocycles. The molecule has 0 saturated carbocycles. The van der Waals surface area contributed by atoms with Crippen LogP contribution in [0.15, 0.2) is 68.7 Å². The molecule has 0 aliphatic carbocycles. The summed E-state index contributed by atoms with van der Waals surface area (Å²) in [6.07, 6.45) is 0. The maximum absolute atomic E-state index is 12.6. The molecule has 144 valence electrons. The topological polar surface area (TPSA) is 61.3 Å². The standard InChI is InChI=1S/C20H18BrClN4O2/c21-14-4-3-5-15(12-14)26-19(27)13-18(23-20(26)28)25-10-8-24(9-11-25)17-7-2-1-6-16(17)22/h1-7,12-13H,8-11H2,(H,23,28). The highest BCUT2D eigenvalue weighted by Crippen LogP contribution is 2.26. The van der Waals surface area contributed by atoms with Gasteiger partial charge in [-0.15, -0.1) is 0 Å². The Balaban J connectivity index is 1.56. The number of H-pyrrole nitrogens is 1. The summed E-state index contributed by atoms with van der Waals surface area (Å²) in [4.78, 5) is 32.3. The van der Waals surface area contributed by atoms with E-state index < -0.39 is 5.69 Å². The van der Waals surface area contributed by atoms with Gasteiger partial charge in [0.1, 0.15) is 5.82 Å². The molecule has 0 amide bonds. The van der Waals surface area contributed by atoms with Crippen molar-refractivity contribution in [1.29, 1.82) is 0 Å². The second-order valence-corrected chi connectivity index (χ2v) is 7.86. The third kappa shape index (κ3) is 3.72. The third-order valence-corrected chi connectivity index (χ3v) is 5.61. The van der Waals surface area contributed by atoms with E-state index in [0.717, 1.165) is 32.8 Å². The lowest BCUT2D eigenvalue weighted by atomic mass is 10.2. The average molecular weight is 462 g/mol. The smallest absolute Gasteiger partial charge is 0.334 e. The second-order valence-electron chi connectivity index (χ2n) is 6.54. The van der Waals surface area contributed by atoms with Gasteiger partial charge >= 0.3 is 5.69 Å². The molecule has 28 heavy (non-hydrogen) atoms. The van der Waals surface area contributed by atoms with E-state index in [-0.39, 0.29) is 5.56 Å². The Labute approximate surface area is 175 Å². The molecule has 1 aliphatic rings. The molecule has 0 spiro atoms. The summed E-state index contributed by atoms with van der Waals surface area (Å²) in [7, 11) is 0. The molecule has 4 rings (SSSR count). The normalized spacial score (nSPS) is 14.4. The van der Waals surface area contributed by atoms with Crippen LogP contribution in [-0.2, 0) is 0 Å². The van der Waals surface area contributed by atoms with Crippen molar-refractivity contribution < 1.29 is 0 Å². The van der Waals surface area contributed by atoms with Crippen LogP contribution in [0.5, 0.6) is 0 Å². The molecule has 2 heterocycles. The fourth-order valence-corrected chi connectivity index (χ4v) is 4.05. The van der Waals surface area contributed by atoms with E-state index >= 15 is 0 Å². The van der Waals surface area contributed by atoms with Gasteiger partial charge in [-0.25, -0.2) is 9.36 Å². The Morgan fingerprint density at radius 2 is 1.61 bits per heavy atom. The Morgan fingerprint density at radius 1 is 0.893 bits per heavy atom. The first-order valence-electron chi connectivity index (χ1n) is 8.90. The number of hydrogen-bond acceptors (Lipinski definition) is 4. The zero-order valence-electron chi connectivity index (χ0n) is 14.9. The van der Waals surface area contributed by atoms with E-state index in [9.17, 15) is 9.59 Å². The van der Waals surface area contributed by atoms with Crippen LogP contribution in [0.4, 0.5) is 11.5 Å². The average Bonchev–Trinajstić information content (AvgIpc) is 2.68. The van der Waals surface area contributed by atoms with Gasteiger partial charge in [0.15, 0.2) is 0 Å². The summed E-state index contributed by atoms with van der Waals surface area (Å²) in [6, 6.07) is 16.3. The van der Waals surface area contributed by atoms with Crippen LogP contribution in [0.3, 0.4) is 0 Å². The second kappa shape index (κ2) is 7.85. The van der Waals surface area contributed by atoms with Crippen molar-refractivity contribution >= 4 is 39.0 Å². The fraction of sp³-hybridized carbons (Fsp3) is 0.200. The van der Waals surface area contributed by atoms with Gasteiger partial charge in [-0.05, 0) is 30.3 Å². The van der Waals surface area contributed by atoms with E-state index in [0.29, 0.717) is 24.6 Å². The molecular weight excluding hydrogens is 444 g/mol. The van der Waals surface area contributed by atoms with Crippen LogP contribution in [0.1, 0.15) is 0 Å². The number of halogens is 2. The largest absolute Gasteiger partial charge is 0.367 e. The van der Waals surface area contributed by atoms with Gasteiger partial charge in [0.25, 0.3) is 5.56 Å². The van der Waals surface area contributed by atoms with E-state index in [1.807, 2.05) is 35.2 Å². The van der Waals surface area contributed by atoms with Gasteiger partial charge in [0.05, 0.1) is 16.4 Å². The molecular formula is C20H18BrClN4O2. The molecule has 8 heteroatoms. The van der Waals surface area contributed by atoms with Gasteiger partial charge in [-0.2, -0.15) is 0 Å². The fourth-order valence-electron chi connectivity index (χ4n) is 3.41. The van der Waals surface area contributed by atoms with Crippen LogP contribution < -0.4 is 21.0 Å². The van der Waals surface area contributed by atoms with E-state index in [4.69, 9.17) is 11.6 Å². The highest BCUT2D eigenvalue weighted by molar-refractivity contribution is 9.10. The monoisotopic (exact) mass is 460 g/mol. The van der Waals surface area contributed by atoms with Gasteiger partial charge < -0.3 is 9.80 Å². The summed E-state index contributed by atoms with van der Waals surface area (Å²) in [6.45, 7) is 2.87. The van der Waals surface area contributed by atoms with Gasteiger partial charge in [0.2, 0.25) is 0 Å². The minimum Gasteiger partial charge on any atom is -0.367 e. The number of nitrogens with one attached hydrogen (secondary N) is 1. The van der Waals surface area contributed by atoms with Crippen LogP contribution >= 0.6 is 27.5 Å². The van der Waals surface area contributed by atoms with Gasteiger partial charge in [-0.1, -0.05) is 45.7 Å².